The van der Waals surface area contributed by atoms with Crippen molar-refractivity contribution >= 4 is 5.91 Å². The number of halogens is 2. The maximum absolute atomic E-state index is 13.6. The highest BCUT2D eigenvalue weighted by atomic mass is 19.1. The number of nitrogens with zero attached hydrogens (tertiary/aromatic N) is 1. The molecule has 7 heteroatoms. The van der Waals surface area contributed by atoms with E-state index in [1.54, 1.807) is 0 Å². The Morgan fingerprint density at radius 3 is 2.00 bits per heavy atom. The number of rotatable bonds is 4. The second kappa shape index (κ2) is 7.78. The molecule has 2 saturated heterocycles. The highest BCUT2D eigenvalue weighted by Gasteiger charge is 2.61. The number of amides is 1. The first-order chi connectivity index (χ1) is 15.4. The van der Waals surface area contributed by atoms with Crippen molar-refractivity contribution in [1.29, 1.82) is 0 Å². The Morgan fingerprint density at radius 2 is 1.44 bits per heavy atom. The second-order valence-corrected chi connectivity index (χ2v) is 8.29. The average molecular weight is 437 g/mol. The highest BCUT2D eigenvalue weighted by molar-refractivity contribution is 5.83. The zero-order chi connectivity index (χ0) is 22.3. The predicted molar refractivity (Wildman–Crippen MR) is 111 cm³/mol. The monoisotopic (exact) mass is 437 g/mol. The van der Waals surface area contributed by atoms with Crippen molar-refractivity contribution in [2.75, 3.05) is 6.54 Å². The van der Waals surface area contributed by atoms with Gasteiger partial charge in [-0.25, -0.2) is 13.7 Å². The number of likely N-dealkylation sites (tertiary alicyclic amines) is 1. The van der Waals surface area contributed by atoms with E-state index in [2.05, 4.69) is 0 Å². The van der Waals surface area contributed by atoms with Crippen LogP contribution in [0.15, 0.2) is 78.9 Å². The fourth-order valence-corrected chi connectivity index (χ4v) is 4.55. The van der Waals surface area contributed by atoms with Crippen LogP contribution in [0.2, 0.25) is 0 Å². The van der Waals surface area contributed by atoms with Gasteiger partial charge in [0, 0.05) is 13.0 Å². The molecular formula is C25H21F2NO4. The van der Waals surface area contributed by atoms with E-state index >= 15 is 0 Å². The van der Waals surface area contributed by atoms with Gasteiger partial charge in [-0.2, -0.15) is 4.89 Å². The normalized spacial score (nSPS) is 24.4. The number of fused-ring (bicyclic) bond motifs is 1. The van der Waals surface area contributed by atoms with Crippen LogP contribution in [0.3, 0.4) is 0 Å². The van der Waals surface area contributed by atoms with E-state index in [1.807, 2.05) is 30.3 Å². The first-order valence-electron chi connectivity index (χ1n) is 10.3. The molecule has 2 aliphatic heterocycles. The van der Waals surface area contributed by atoms with Crippen molar-refractivity contribution < 1.29 is 28.5 Å². The number of carbonyl (C=O) groups is 1. The minimum atomic E-state index is -1.82. The fraction of sp³-hybridized carbons (Fsp3) is 0.240. The van der Waals surface area contributed by atoms with Crippen molar-refractivity contribution in [3.8, 4) is 0 Å². The molecule has 1 amide bonds. The maximum atomic E-state index is 13.6. The Bertz CT molecular complexity index is 1080. The van der Waals surface area contributed by atoms with Gasteiger partial charge in [-0.1, -0.05) is 54.6 Å². The molecule has 0 aromatic heterocycles. The quantitative estimate of drug-likeness (QED) is 0.629. The van der Waals surface area contributed by atoms with Crippen molar-refractivity contribution in [1.82, 2.24) is 4.90 Å². The number of benzene rings is 3. The van der Waals surface area contributed by atoms with Crippen LogP contribution >= 0.6 is 0 Å². The van der Waals surface area contributed by atoms with Crippen molar-refractivity contribution in [2.24, 2.45) is 5.92 Å². The minimum absolute atomic E-state index is 0.0465. The van der Waals surface area contributed by atoms with Crippen molar-refractivity contribution in [3.05, 3.63) is 107 Å². The Labute approximate surface area is 183 Å². The smallest absolute Gasteiger partial charge is 0.231 e. The third-order valence-electron chi connectivity index (χ3n) is 6.23. The van der Waals surface area contributed by atoms with E-state index in [4.69, 9.17) is 9.78 Å². The summed E-state index contributed by atoms with van der Waals surface area (Å²) in [5.74, 6) is -3.87. The molecule has 3 aromatic rings. The molecule has 5 nitrogen and oxygen atoms in total. The summed E-state index contributed by atoms with van der Waals surface area (Å²) in [6.45, 7) is 0.274. The number of carbonyl (C=O) groups excluding carboxylic acids is 1. The zero-order valence-electron chi connectivity index (χ0n) is 17.1. The van der Waals surface area contributed by atoms with Gasteiger partial charge in [0.15, 0.2) is 5.60 Å². The molecule has 0 unspecified atom stereocenters. The van der Waals surface area contributed by atoms with Gasteiger partial charge in [-0.15, -0.1) is 0 Å². The largest absolute Gasteiger partial charge is 0.361 e. The number of β-amino-alcohol motifs (C(OH)–C–C–N with tert-alkyl or cyclic N) is 1. The van der Waals surface area contributed by atoms with Gasteiger partial charge in [-0.05, 0) is 41.0 Å². The van der Waals surface area contributed by atoms with E-state index in [0.717, 1.165) is 5.56 Å². The minimum Gasteiger partial charge on any atom is -0.361 e. The average Bonchev–Trinajstić information content (AvgIpc) is 3.04. The van der Waals surface area contributed by atoms with Crippen LogP contribution in [0.25, 0.3) is 0 Å². The number of aliphatic hydroxyl groups is 1. The molecular weight excluding hydrogens is 416 g/mol. The molecule has 0 radical (unpaired) electrons. The third kappa shape index (κ3) is 3.48. The summed E-state index contributed by atoms with van der Waals surface area (Å²) < 4.78 is 27.2. The Morgan fingerprint density at radius 1 is 0.875 bits per heavy atom. The molecule has 1 N–H and O–H groups in total. The van der Waals surface area contributed by atoms with Gasteiger partial charge >= 0.3 is 0 Å². The first kappa shape index (κ1) is 20.8. The lowest BCUT2D eigenvalue weighted by Gasteiger charge is -2.43. The highest BCUT2D eigenvalue weighted by Crippen LogP contribution is 2.50. The van der Waals surface area contributed by atoms with Crippen LogP contribution in [0.5, 0.6) is 0 Å². The molecule has 5 rings (SSSR count). The van der Waals surface area contributed by atoms with Gasteiger partial charge in [-0.3, -0.25) is 4.79 Å². The molecule has 2 atom stereocenters. The van der Waals surface area contributed by atoms with E-state index in [9.17, 15) is 18.7 Å². The molecule has 2 aliphatic rings. The van der Waals surface area contributed by atoms with Gasteiger partial charge in [0.2, 0.25) is 11.7 Å². The van der Waals surface area contributed by atoms with E-state index < -0.39 is 28.9 Å². The third-order valence-corrected chi connectivity index (χ3v) is 6.23. The summed E-state index contributed by atoms with van der Waals surface area (Å²) in [5.41, 5.74) is 0.660. The summed E-state index contributed by atoms with van der Waals surface area (Å²) in [6, 6.07) is 20.7. The van der Waals surface area contributed by atoms with Crippen LogP contribution in [-0.4, -0.2) is 28.2 Å². The summed E-state index contributed by atoms with van der Waals surface area (Å²) >= 11 is 0. The lowest BCUT2D eigenvalue weighted by Crippen LogP contribution is -2.52. The summed E-state index contributed by atoms with van der Waals surface area (Å²) in [7, 11) is 0. The first-order valence-corrected chi connectivity index (χ1v) is 10.3. The Balaban J connectivity index is 1.52. The second-order valence-electron chi connectivity index (χ2n) is 8.29. The van der Waals surface area contributed by atoms with Gasteiger partial charge in [0.05, 0.1) is 6.54 Å². The topological polar surface area (TPSA) is 59.0 Å². The van der Waals surface area contributed by atoms with Crippen LogP contribution < -0.4 is 0 Å². The van der Waals surface area contributed by atoms with Crippen LogP contribution in [0.1, 0.15) is 23.1 Å². The van der Waals surface area contributed by atoms with Crippen LogP contribution in [0, 0.1) is 17.6 Å². The predicted octanol–water partition coefficient (Wildman–Crippen LogP) is 3.91. The van der Waals surface area contributed by atoms with Crippen LogP contribution in [0.4, 0.5) is 8.78 Å². The van der Waals surface area contributed by atoms with Crippen molar-refractivity contribution in [3.63, 3.8) is 0 Å². The van der Waals surface area contributed by atoms with E-state index in [0.29, 0.717) is 17.7 Å². The molecule has 0 bridgehead atoms. The Hall–Kier alpha value is -3.13. The van der Waals surface area contributed by atoms with Gasteiger partial charge in [0.25, 0.3) is 0 Å². The molecule has 2 fully saturated rings. The lowest BCUT2D eigenvalue weighted by atomic mass is 9.76. The van der Waals surface area contributed by atoms with Crippen LogP contribution in [-0.2, 0) is 26.7 Å². The molecule has 32 heavy (non-hydrogen) atoms. The van der Waals surface area contributed by atoms with Gasteiger partial charge in [0.1, 0.15) is 17.6 Å². The maximum Gasteiger partial charge on any atom is 0.231 e. The molecule has 0 aliphatic carbocycles. The summed E-state index contributed by atoms with van der Waals surface area (Å²) in [5, 5.41) is 11.1. The molecule has 0 spiro atoms. The zero-order valence-corrected chi connectivity index (χ0v) is 17.1. The lowest BCUT2D eigenvalue weighted by molar-refractivity contribution is -0.487. The summed E-state index contributed by atoms with van der Waals surface area (Å²) in [4.78, 5) is 26.2. The Kier molecular flexibility index (Phi) is 5.04. The molecule has 164 valence electrons. The molecule has 0 saturated carbocycles. The number of hydrogen-bond donors (Lipinski definition) is 1. The standard InChI is InChI=1S/C25H21F2NO4/c26-20-10-6-18(7-11-20)24(19-8-12-21(27)13-9-19)14-22-23(29)28(16-25(22,30)32-31-24)15-17-4-2-1-3-5-17/h1-13,22,30H,14-16H2/t22-,25+/m1/s1. The van der Waals surface area contributed by atoms with E-state index in [-0.39, 0.29) is 18.9 Å². The summed E-state index contributed by atoms with van der Waals surface area (Å²) in [6.07, 6.45) is 0.0465. The van der Waals surface area contributed by atoms with Gasteiger partial charge < -0.3 is 10.0 Å². The SMILES string of the molecule is O=C1[C@H]2CC(c3ccc(F)cc3)(c3ccc(F)cc3)OO[C@@]2(O)CN1Cc1ccccc1. The molecule has 2 heterocycles. The van der Waals surface area contributed by atoms with Crippen molar-refractivity contribution in [2.45, 2.75) is 24.4 Å². The molecule has 3 aromatic carbocycles. The number of hydrogen-bond acceptors (Lipinski definition) is 4. The van der Waals surface area contributed by atoms with E-state index in [1.165, 1.54) is 53.4 Å². The fourth-order valence-electron chi connectivity index (χ4n) is 4.55.